The van der Waals surface area contributed by atoms with Gasteiger partial charge >= 0.3 is 0 Å². The fraction of sp³-hybridized carbons (Fsp3) is 0.357. The van der Waals surface area contributed by atoms with Gasteiger partial charge in [0, 0.05) is 31.9 Å². The summed E-state index contributed by atoms with van der Waals surface area (Å²) >= 11 is 0. The maximum atomic E-state index is 9.09. The van der Waals surface area contributed by atoms with E-state index in [1.165, 1.54) is 0 Å². The molecule has 0 aliphatic carbocycles. The average molecular weight is 227 g/mol. The topological polar surface area (TPSA) is 30.3 Å². The van der Waals surface area contributed by atoms with E-state index >= 15 is 0 Å². The van der Waals surface area contributed by atoms with Crippen molar-refractivity contribution in [2.45, 2.75) is 6.92 Å². The molecule has 0 amide bonds. The van der Waals surface area contributed by atoms with Gasteiger partial charge in [-0.1, -0.05) is 18.7 Å². The van der Waals surface area contributed by atoms with E-state index in [4.69, 9.17) is 5.26 Å². The molecule has 1 aliphatic heterocycles. The quantitative estimate of drug-likeness (QED) is 0.776. The van der Waals surface area contributed by atoms with Crippen LogP contribution >= 0.6 is 0 Å². The predicted molar refractivity (Wildman–Crippen MR) is 69.8 cm³/mol. The summed E-state index contributed by atoms with van der Waals surface area (Å²) in [6, 6.07) is 10.0. The SMILES string of the molecule is C=C(C)N1CCN(c2ccccc2C#N)CC1. The van der Waals surface area contributed by atoms with E-state index in [0.29, 0.717) is 0 Å². The first kappa shape index (κ1) is 11.5. The molecule has 17 heavy (non-hydrogen) atoms. The molecular weight excluding hydrogens is 210 g/mol. The zero-order valence-corrected chi connectivity index (χ0v) is 10.2. The van der Waals surface area contributed by atoms with Crippen molar-refractivity contribution in [1.82, 2.24) is 4.90 Å². The molecule has 3 heteroatoms. The van der Waals surface area contributed by atoms with E-state index in [-0.39, 0.29) is 0 Å². The van der Waals surface area contributed by atoms with Gasteiger partial charge in [-0.2, -0.15) is 5.26 Å². The second-order valence-corrected chi connectivity index (χ2v) is 4.34. The van der Waals surface area contributed by atoms with Crippen LogP contribution in [-0.4, -0.2) is 31.1 Å². The van der Waals surface area contributed by atoms with Crippen LogP contribution in [0, 0.1) is 11.3 Å². The lowest BCUT2D eigenvalue weighted by Crippen LogP contribution is -2.45. The highest BCUT2D eigenvalue weighted by Gasteiger charge is 2.18. The normalized spacial score (nSPS) is 15.5. The van der Waals surface area contributed by atoms with Crippen LogP contribution in [0.15, 0.2) is 36.5 Å². The summed E-state index contributed by atoms with van der Waals surface area (Å²) in [4.78, 5) is 4.56. The molecule has 0 N–H and O–H groups in total. The zero-order valence-electron chi connectivity index (χ0n) is 10.2. The highest BCUT2D eigenvalue weighted by atomic mass is 15.3. The first-order chi connectivity index (χ1) is 8.22. The Labute approximate surface area is 103 Å². The third-order valence-corrected chi connectivity index (χ3v) is 3.18. The standard InChI is InChI=1S/C14H17N3/c1-12(2)16-7-9-17(10-8-16)14-6-4-3-5-13(14)11-15/h3-6H,1,7-10H2,2H3. The van der Waals surface area contributed by atoms with E-state index in [1.54, 1.807) is 0 Å². The van der Waals surface area contributed by atoms with Crippen LogP contribution in [0.1, 0.15) is 12.5 Å². The first-order valence-corrected chi connectivity index (χ1v) is 5.87. The predicted octanol–water partition coefficient (Wildman–Crippen LogP) is 2.21. The van der Waals surface area contributed by atoms with Crippen molar-refractivity contribution < 1.29 is 0 Å². The number of nitrogens with zero attached hydrogens (tertiary/aromatic N) is 3. The van der Waals surface area contributed by atoms with Gasteiger partial charge < -0.3 is 9.80 Å². The Balaban J connectivity index is 2.11. The van der Waals surface area contributed by atoms with Gasteiger partial charge in [0.2, 0.25) is 0 Å². The Morgan fingerprint density at radius 2 is 1.88 bits per heavy atom. The van der Waals surface area contributed by atoms with E-state index in [0.717, 1.165) is 43.1 Å². The molecule has 1 fully saturated rings. The molecule has 1 heterocycles. The Bertz CT molecular complexity index is 451. The smallest absolute Gasteiger partial charge is 0.101 e. The van der Waals surface area contributed by atoms with Crippen molar-refractivity contribution >= 4 is 5.69 Å². The summed E-state index contributed by atoms with van der Waals surface area (Å²) in [5.74, 6) is 0. The van der Waals surface area contributed by atoms with Crippen molar-refractivity contribution in [1.29, 1.82) is 5.26 Å². The molecule has 88 valence electrons. The summed E-state index contributed by atoms with van der Waals surface area (Å²) in [7, 11) is 0. The maximum absolute atomic E-state index is 9.09. The van der Waals surface area contributed by atoms with Gasteiger partial charge in [0.05, 0.1) is 11.3 Å². The number of benzene rings is 1. The average Bonchev–Trinajstić information content (AvgIpc) is 2.39. The van der Waals surface area contributed by atoms with Crippen molar-refractivity contribution in [3.8, 4) is 6.07 Å². The van der Waals surface area contributed by atoms with E-state index < -0.39 is 0 Å². The summed E-state index contributed by atoms with van der Waals surface area (Å²) in [6.45, 7) is 9.87. The molecule has 0 bridgehead atoms. The molecule has 3 nitrogen and oxygen atoms in total. The fourth-order valence-electron chi connectivity index (χ4n) is 2.17. The van der Waals surface area contributed by atoms with Crippen molar-refractivity contribution in [2.24, 2.45) is 0 Å². The number of allylic oxidation sites excluding steroid dienone is 1. The highest BCUT2D eigenvalue weighted by Crippen LogP contribution is 2.21. The minimum atomic E-state index is 0.760. The molecule has 0 aromatic heterocycles. The zero-order chi connectivity index (χ0) is 12.3. The second kappa shape index (κ2) is 4.92. The number of anilines is 1. The minimum Gasteiger partial charge on any atom is -0.372 e. The van der Waals surface area contributed by atoms with Gasteiger partial charge in [0.25, 0.3) is 0 Å². The van der Waals surface area contributed by atoms with Crippen LogP contribution in [0.2, 0.25) is 0 Å². The molecule has 1 aliphatic rings. The molecule has 0 atom stereocenters. The van der Waals surface area contributed by atoms with Gasteiger partial charge in [0.1, 0.15) is 6.07 Å². The van der Waals surface area contributed by atoms with Crippen LogP contribution in [0.3, 0.4) is 0 Å². The lowest BCUT2D eigenvalue weighted by Gasteiger charge is -2.37. The first-order valence-electron chi connectivity index (χ1n) is 5.87. The minimum absolute atomic E-state index is 0.760. The van der Waals surface area contributed by atoms with E-state index in [9.17, 15) is 0 Å². The van der Waals surface area contributed by atoms with Gasteiger partial charge in [-0.15, -0.1) is 0 Å². The second-order valence-electron chi connectivity index (χ2n) is 4.34. The Hall–Kier alpha value is -1.95. The number of hydrogen-bond donors (Lipinski definition) is 0. The lowest BCUT2D eigenvalue weighted by molar-refractivity contribution is 0.323. The van der Waals surface area contributed by atoms with Crippen molar-refractivity contribution in [3.63, 3.8) is 0 Å². The molecule has 0 radical (unpaired) electrons. The Kier molecular flexibility index (Phi) is 3.34. The van der Waals surface area contributed by atoms with Crippen LogP contribution in [0.5, 0.6) is 0 Å². The van der Waals surface area contributed by atoms with Crippen LogP contribution in [0.25, 0.3) is 0 Å². The van der Waals surface area contributed by atoms with Crippen LogP contribution < -0.4 is 4.90 Å². The molecule has 0 saturated carbocycles. The third kappa shape index (κ3) is 2.42. The molecule has 1 aromatic rings. The monoisotopic (exact) mass is 227 g/mol. The molecule has 0 unspecified atom stereocenters. The fourth-order valence-corrected chi connectivity index (χ4v) is 2.17. The Morgan fingerprint density at radius 3 is 2.47 bits per heavy atom. The molecule has 2 rings (SSSR count). The lowest BCUT2D eigenvalue weighted by atomic mass is 10.1. The molecular formula is C14H17N3. The number of para-hydroxylation sites is 1. The Morgan fingerprint density at radius 1 is 1.24 bits per heavy atom. The van der Waals surface area contributed by atoms with Crippen molar-refractivity contribution in [2.75, 3.05) is 31.1 Å². The van der Waals surface area contributed by atoms with E-state index in [1.807, 2.05) is 31.2 Å². The van der Waals surface area contributed by atoms with Crippen LogP contribution in [-0.2, 0) is 0 Å². The van der Waals surface area contributed by atoms with Gasteiger partial charge in [-0.25, -0.2) is 0 Å². The number of hydrogen-bond acceptors (Lipinski definition) is 3. The highest BCUT2D eigenvalue weighted by molar-refractivity contribution is 5.59. The van der Waals surface area contributed by atoms with Crippen molar-refractivity contribution in [3.05, 3.63) is 42.1 Å². The molecule has 1 aromatic carbocycles. The molecule has 0 spiro atoms. The van der Waals surface area contributed by atoms with Gasteiger partial charge in [0.15, 0.2) is 0 Å². The van der Waals surface area contributed by atoms with E-state index in [2.05, 4.69) is 22.4 Å². The summed E-state index contributed by atoms with van der Waals surface area (Å²) < 4.78 is 0. The summed E-state index contributed by atoms with van der Waals surface area (Å²) in [5, 5.41) is 9.09. The van der Waals surface area contributed by atoms with Gasteiger partial charge in [-0.05, 0) is 19.1 Å². The number of nitriles is 1. The van der Waals surface area contributed by atoms with Gasteiger partial charge in [-0.3, -0.25) is 0 Å². The summed E-state index contributed by atoms with van der Waals surface area (Å²) in [6.07, 6.45) is 0. The molecule has 1 saturated heterocycles. The number of piperazine rings is 1. The number of rotatable bonds is 2. The van der Waals surface area contributed by atoms with Crippen LogP contribution in [0.4, 0.5) is 5.69 Å². The third-order valence-electron chi connectivity index (χ3n) is 3.18. The maximum Gasteiger partial charge on any atom is 0.101 e. The largest absolute Gasteiger partial charge is 0.372 e. The summed E-state index contributed by atoms with van der Waals surface area (Å²) in [5.41, 5.74) is 2.94.